The van der Waals surface area contributed by atoms with Crippen molar-refractivity contribution < 1.29 is 13.8 Å². The van der Waals surface area contributed by atoms with Crippen LogP contribution in [0.5, 0.6) is 0 Å². The Morgan fingerprint density at radius 3 is 2.70 bits per heavy atom. The summed E-state index contributed by atoms with van der Waals surface area (Å²) >= 11 is 0. The van der Waals surface area contributed by atoms with E-state index in [1.165, 1.54) is 29.3 Å². The smallest absolute Gasteiger partial charge is 0.263 e. The molecule has 1 atom stereocenters. The summed E-state index contributed by atoms with van der Waals surface area (Å²) in [4.78, 5) is 17.8. The average Bonchev–Trinajstić information content (AvgIpc) is 2.86. The topological polar surface area (TPSA) is 64.8 Å². The zero-order valence-corrected chi connectivity index (χ0v) is 10.5. The Morgan fingerprint density at radius 1 is 1.30 bits per heavy atom. The van der Waals surface area contributed by atoms with Gasteiger partial charge >= 0.3 is 5.56 Å². The van der Waals surface area contributed by atoms with Gasteiger partial charge in [-0.25, -0.2) is 23.4 Å². The molecule has 0 amide bonds. The van der Waals surface area contributed by atoms with Gasteiger partial charge < -0.3 is 0 Å². The van der Waals surface area contributed by atoms with Crippen LogP contribution in [0.3, 0.4) is 0 Å². The first-order chi connectivity index (χ1) is 9.56. The molecule has 7 heteroatoms. The van der Waals surface area contributed by atoms with Gasteiger partial charge in [-0.3, -0.25) is 4.79 Å². The molecule has 2 N–H and O–H groups in total. The van der Waals surface area contributed by atoms with Crippen molar-refractivity contribution in [2.24, 2.45) is 0 Å². The van der Waals surface area contributed by atoms with Crippen molar-refractivity contribution in [3.63, 3.8) is 0 Å². The summed E-state index contributed by atoms with van der Waals surface area (Å²) in [5.74, 6) is -1.37. The number of nitrogens with one attached hydrogen (secondary N) is 2. The van der Waals surface area contributed by atoms with Crippen LogP contribution in [-0.4, -0.2) is 14.8 Å². The number of aromatic nitrogens is 4. The van der Waals surface area contributed by atoms with Gasteiger partial charge in [0.05, 0.1) is 12.2 Å². The predicted molar refractivity (Wildman–Crippen MR) is 67.1 cm³/mol. The molecule has 5 nitrogen and oxygen atoms in total. The molecule has 2 aromatic heterocycles. The van der Waals surface area contributed by atoms with Crippen LogP contribution in [0.2, 0.25) is 0 Å². The van der Waals surface area contributed by atoms with Gasteiger partial charge in [-0.2, -0.15) is 5.10 Å². The zero-order chi connectivity index (χ0) is 14.3. The zero-order valence-electron chi connectivity index (χ0n) is 10.5. The highest BCUT2D eigenvalue weighted by atomic mass is 19.1. The normalized spacial score (nSPS) is 12.8. The van der Waals surface area contributed by atoms with Gasteiger partial charge in [0.25, 0.3) is 0 Å². The Labute approximate surface area is 111 Å². The minimum Gasteiger partial charge on any atom is -0.263 e. The van der Waals surface area contributed by atoms with Gasteiger partial charge in [-0.15, -0.1) is 0 Å². The number of H-pyrrole nitrogens is 2. The average molecular weight is 277 g/mol. The van der Waals surface area contributed by atoms with Crippen LogP contribution in [0, 0.1) is 11.6 Å². The fraction of sp³-hybridized carbons (Fsp3) is 0.154. The van der Waals surface area contributed by atoms with Crippen LogP contribution in [0.15, 0.2) is 35.5 Å². The maximum atomic E-state index is 13.2. The molecule has 2 heterocycles. The maximum Gasteiger partial charge on any atom is 0.318 e. The molecule has 0 saturated carbocycles. The van der Waals surface area contributed by atoms with Gasteiger partial charge in [-0.1, -0.05) is 0 Å². The van der Waals surface area contributed by atoms with E-state index >= 15 is 0 Å². The highest BCUT2D eigenvalue weighted by Gasteiger charge is 2.17. The summed E-state index contributed by atoms with van der Waals surface area (Å²) in [5.41, 5.74) is 0.917. The van der Waals surface area contributed by atoms with Crippen molar-refractivity contribution in [1.29, 1.82) is 0 Å². The molecule has 0 fully saturated rings. The number of hydrogen-bond acceptors (Lipinski definition) is 2. The van der Waals surface area contributed by atoms with Crippen LogP contribution >= 0.6 is 0 Å². The molecule has 0 radical (unpaired) electrons. The molecule has 0 aliphatic rings. The second-order valence-corrected chi connectivity index (χ2v) is 4.49. The number of hydrogen-bond donors (Lipinski definition) is 1. The summed E-state index contributed by atoms with van der Waals surface area (Å²) in [6, 6.07) is 2.58. The monoisotopic (exact) mass is 277 g/mol. The standard InChI is InChI=1S/C13H10F2N4O/c1-7(8-2-9(14)4-10(15)3-8)19-13(20)12-11(5-18-19)16-6-17-12/h2-7H,1H3,(H,16,17)/p+1. The third kappa shape index (κ3) is 1.97. The summed E-state index contributed by atoms with van der Waals surface area (Å²) in [6.45, 7) is 1.65. The second-order valence-electron chi connectivity index (χ2n) is 4.49. The van der Waals surface area contributed by atoms with Crippen molar-refractivity contribution in [3.05, 3.63) is 58.3 Å². The fourth-order valence-electron chi connectivity index (χ4n) is 2.14. The van der Waals surface area contributed by atoms with Crippen LogP contribution in [0.4, 0.5) is 8.78 Å². The van der Waals surface area contributed by atoms with E-state index in [0.717, 1.165) is 6.07 Å². The molecule has 0 spiro atoms. The SMILES string of the molecule is CC(c1cc(F)cc(F)c1)n1ncc2[nH]c[nH+]c2c1=O. The number of benzene rings is 1. The first kappa shape index (κ1) is 12.5. The first-order valence-electron chi connectivity index (χ1n) is 5.99. The highest BCUT2D eigenvalue weighted by molar-refractivity contribution is 5.67. The van der Waals surface area contributed by atoms with Crippen molar-refractivity contribution in [1.82, 2.24) is 14.8 Å². The van der Waals surface area contributed by atoms with E-state index < -0.39 is 17.7 Å². The number of imidazole rings is 1. The largest absolute Gasteiger partial charge is 0.318 e. The third-order valence-electron chi connectivity index (χ3n) is 3.18. The van der Waals surface area contributed by atoms with E-state index in [4.69, 9.17) is 0 Å². The number of nitrogens with zero attached hydrogens (tertiary/aromatic N) is 2. The van der Waals surface area contributed by atoms with E-state index in [2.05, 4.69) is 15.1 Å². The molecule has 3 rings (SSSR count). The molecule has 0 bridgehead atoms. The van der Waals surface area contributed by atoms with Crippen molar-refractivity contribution in [2.75, 3.05) is 0 Å². The number of rotatable bonds is 2. The van der Waals surface area contributed by atoms with Crippen LogP contribution in [0.25, 0.3) is 11.0 Å². The Morgan fingerprint density at radius 2 is 2.00 bits per heavy atom. The van der Waals surface area contributed by atoms with E-state index in [0.29, 0.717) is 16.6 Å². The van der Waals surface area contributed by atoms with E-state index in [-0.39, 0.29) is 5.56 Å². The Balaban J connectivity index is 2.14. The quantitative estimate of drug-likeness (QED) is 0.770. The molecule has 1 aromatic carbocycles. The molecule has 0 aliphatic heterocycles. The van der Waals surface area contributed by atoms with Gasteiger partial charge in [0.1, 0.15) is 11.6 Å². The summed E-state index contributed by atoms with van der Waals surface area (Å²) in [5, 5.41) is 4.02. The summed E-state index contributed by atoms with van der Waals surface area (Å²) in [7, 11) is 0. The van der Waals surface area contributed by atoms with Crippen molar-refractivity contribution in [3.8, 4) is 0 Å². The van der Waals surface area contributed by atoms with Gasteiger partial charge in [-0.05, 0) is 24.6 Å². The molecule has 20 heavy (non-hydrogen) atoms. The predicted octanol–water partition coefficient (Wildman–Crippen LogP) is 1.43. The lowest BCUT2D eigenvalue weighted by molar-refractivity contribution is -0.345. The molecule has 102 valence electrons. The van der Waals surface area contributed by atoms with Crippen LogP contribution < -0.4 is 10.5 Å². The second kappa shape index (κ2) is 4.52. The van der Waals surface area contributed by atoms with Crippen molar-refractivity contribution in [2.45, 2.75) is 13.0 Å². The van der Waals surface area contributed by atoms with E-state index in [9.17, 15) is 13.6 Å². The van der Waals surface area contributed by atoms with Crippen LogP contribution in [-0.2, 0) is 0 Å². The fourth-order valence-corrected chi connectivity index (χ4v) is 2.14. The summed E-state index contributed by atoms with van der Waals surface area (Å²) in [6.07, 6.45) is 3.00. The molecule has 0 saturated heterocycles. The third-order valence-corrected chi connectivity index (χ3v) is 3.18. The van der Waals surface area contributed by atoms with Crippen LogP contribution in [0.1, 0.15) is 18.5 Å². The Hall–Kier alpha value is -2.57. The molecule has 1 unspecified atom stereocenters. The Kier molecular flexibility index (Phi) is 2.81. The number of halogens is 2. The number of fused-ring (bicyclic) bond motifs is 1. The first-order valence-corrected chi connectivity index (χ1v) is 5.99. The lowest BCUT2D eigenvalue weighted by atomic mass is 10.1. The maximum absolute atomic E-state index is 13.2. The lowest BCUT2D eigenvalue weighted by Gasteiger charge is -2.13. The molecular weight excluding hydrogens is 266 g/mol. The van der Waals surface area contributed by atoms with E-state index in [1.54, 1.807) is 6.92 Å². The summed E-state index contributed by atoms with van der Waals surface area (Å²) < 4.78 is 27.7. The van der Waals surface area contributed by atoms with E-state index in [1.807, 2.05) is 0 Å². The minimum absolute atomic E-state index is 0.340. The minimum atomic E-state index is -0.686. The van der Waals surface area contributed by atoms with Gasteiger partial charge in [0.2, 0.25) is 11.8 Å². The molecule has 3 aromatic rings. The van der Waals surface area contributed by atoms with Gasteiger partial charge in [0, 0.05) is 6.07 Å². The van der Waals surface area contributed by atoms with Crippen molar-refractivity contribution >= 4 is 11.0 Å². The molecule has 0 aliphatic carbocycles. The highest BCUT2D eigenvalue weighted by Crippen LogP contribution is 2.18. The molecular formula is C13H11F2N4O+. The Bertz CT molecular complexity index is 819. The lowest BCUT2D eigenvalue weighted by Crippen LogP contribution is -2.29. The van der Waals surface area contributed by atoms with Gasteiger partial charge in [0.15, 0.2) is 5.52 Å². The number of aromatic amines is 2.